The van der Waals surface area contributed by atoms with Crippen LogP contribution in [0.15, 0.2) is 65.6 Å². The van der Waals surface area contributed by atoms with Crippen LogP contribution >= 0.6 is 11.8 Å². The van der Waals surface area contributed by atoms with E-state index >= 15 is 0 Å². The second-order valence-corrected chi connectivity index (χ2v) is 8.97. The van der Waals surface area contributed by atoms with Crippen molar-refractivity contribution < 1.29 is 4.79 Å². The highest BCUT2D eigenvalue weighted by Gasteiger charge is 2.08. The van der Waals surface area contributed by atoms with Crippen molar-refractivity contribution in [1.29, 1.82) is 0 Å². The molecule has 2 aromatic carbocycles. The lowest BCUT2D eigenvalue weighted by Crippen LogP contribution is -2.30. The number of benzene rings is 2. The highest BCUT2D eigenvalue weighted by molar-refractivity contribution is 7.99. The van der Waals surface area contributed by atoms with E-state index in [2.05, 4.69) is 29.2 Å². The maximum absolute atomic E-state index is 12.1. The number of carbonyl (C=O) groups excluding carboxylic acids is 1. The summed E-state index contributed by atoms with van der Waals surface area (Å²) >= 11 is 1.94. The summed E-state index contributed by atoms with van der Waals surface area (Å²) in [6.45, 7) is 3.94. The minimum atomic E-state index is 0.0457. The predicted octanol–water partition coefficient (Wildman–Crippen LogP) is 6.72. The predicted molar refractivity (Wildman–Crippen MR) is 126 cm³/mol. The van der Waals surface area contributed by atoms with Gasteiger partial charge in [-0.2, -0.15) is 0 Å². The van der Waals surface area contributed by atoms with E-state index in [1.807, 2.05) is 48.2 Å². The third-order valence-corrected chi connectivity index (χ3v) is 6.55. The fourth-order valence-corrected chi connectivity index (χ4v) is 4.62. The summed E-state index contributed by atoms with van der Waals surface area (Å²) in [6, 6.07) is 17.9. The largest absolute Gasteiger partial charge is 0.303 e. The molecule has 0 radical (unpaired) electrons. The number of ketones is 1. The molecule has 1 heterocycles. The van der Waals surface area contributed by atoms with Crippen molar-refractivity contribution in [2.75, 3.05) is 25.4 Å². The molecule has 1 fully saturated rings. The topological polar surface area (TPSA) is 20.3 Å². The number of carbonyl (C=O) groups is 1. The maximum Gasteiger partial charge on any atom is 0.185 e. The zero-order valence-electron chi connectivity index (χ0n) is 17.4. The van der Waals surface area contributed by atoms with Gasteiger partial charge in [-0.25, -0.2) is 0 Å². The standard InChI is InChI=1S/C26H33NOS/c28-26(24-11-5-3-6-12-24)18-15-23-13-16-25(17-14-23)29-22-10-2-1-7-19-27-20-8-4-9-21-27/h3,5-6,11-18H,1-2,4,7-10,19-22H2/b18-15+. The molecule has 1 aliphatic heterocycles. The second-order valence-electron chi connectivity index (χ2n) is 7.80. The Morgan fingerprint density at radius 2 is 1.59 bits per heavy atom. The molecule has 0 unspecified atom stereocenters. The van der Waals surface area contributed by atoms with Gasteiger partial charge in [0.05, 0.1) is 0 Å². The molecule has 0 bridgehead atoms. The lowest BCUT2D eigenvalue weighted by atomic mass is 10.1. The van der Waals surface area contributed by atoms with Gasteiger partial charge in [-0.3, -0.25) is 4.79 Å². The van der Waals surface area contributed by atoms with Crippen molar-refractivity contribution >= 4 is 23.6 Å². The summed E-state index contributed by atoms with van der Waals surface area (Å²) in [4.78, 5) is 16.1. The molecule has 3 heteroatoms. The smallest absolute Gasteiger partial charge is 0.185 e. The number of thioether (sulfide) groups is 1. The van der Waals surface area contributed by atoms with E-state index in [9.17, 15) is 4.79 Å². The van der Waals surface area contributed by atoms with E-state index in [4.69, 9.17) is 0 Å². The van der Waals surface area contributed by atoms with Crippen LogP contribution in [-0.2, 0) is 0 Å². The molecule has 0 N–H and O–H groups in total. The zero-order chi connectivity index (χ0) is 20.2. The molecular weight excluding hydrogens is 374 g/mol. The van der Waals surface area contributed by atoms with Crippen molar-refractivity contribution in [3.05, 3.63) is 71.8 Å². The first kappa shape index (κ1) is 21.9. The lowest BCUT2D eigenvalue weighted by molar-refractivity contribution is 0.104. The molecule has 154 valence electrons. The molecule has 0 spiro atoms. The van der Waals surface area contributed by atoms with Crippen molar-refractivity contribution in [2.24, 2.45) is 0 Å². The summed E-state index contributed by atoms with van der Waals surface area (Å²) < 4.78 is 0. The average Bonchev–Trinajstić information content (AvgIpc) is 2.79. The van der Waals surface area contributed by atoms with Gasteiger partial charge in [0, 0.05) is 10.5 Å². The molecule has 0 saturated carbocycles. The number of allylic oxidation sites excluding steroid dienone is 1. The van der Waals surface area contributed by atoms with Crippen molar-refractivity contribution in [2.45, 2.75) is 49.8 Å². The van der Waals surface area contributed by atoms with Crippen LogP contribution in [0.4, 0.5) is 0 Å². The van der Waals surface area contributed by atoms with Gasteiger partial charge < -0.3 is 4.90 Å². The number of nitrogens with zero attached hydrogens (tertiary/aromatic N) is 1. The first-order valence-electron chi connectivity index (χ1n) is 11.0. The number of piperidine rings is 1. The third-order valence-electron chi connectivity index (χ3n) is 5.45. The molecule has 0 atom stereocenters. The minimum absolute atomic E-state index is 0.0457. The van der Waals surface area contributed by atoms with Crippen LogP contribution in [0.5, 0.6) is 0 Å². The number of hydrogen-bond acceptors (Lipinski definition) is 3. The molecule has 2 aromatic rings. The molecule has 29 heavy (non-hydrogen) atoms. The molecule has 1 aliphatic rings. The van der Waals surface area contributed by atoms with Crippen LogP contribution in [-0.4, -0.2) is 36.1 Å². The van der Waals surface area contributed by atoms with Crippen LogP contribution in [0, 0.1) is 0 Å². The van der Waals surface area contributed by atoms with Crippen LogP contribution in [0.25, 0.3) is 6.08 Å². The van der Waals surface area contributed by atoms with E-state index in [0.29, 0.717) is 0 Å². The Morgan fingerprint density at radius 1 is 0.862 bits per heavy atom. The minimum Gasteiger partial charge on any atom is -0.303 e. The Morgan fingerprint density at radius 3 is 2.34 bits per heavy atom. The summed E-state index contributed by atoms with van der Waals surface area (Å²) in [6.07, 6.45) is 13.1. The van der Waals surface area contributed by atoms with Gasteiger partial charge in [-0.05, 0) is 74.8 Å². The molecule has 0 amide bonds. The quantitative estimate of drug-likeness (QED) is 0.178. The van der Waals surface area contributed by atoms with Gasteiger partial charge in [0.1, 0.15) is 0 Å². The third kappa shape index (κ3) is 8.20. The van der Waals surface area contributed by atoms with E-state index in [1.165, 1.54) is 75.2 Å². The van der Waals surface area contributed by atoms with Crippen LogP contribution in [0.2, 0.25) is 0 Å². The summed E-state index contributed by atoms with van der Waals surface area (Å²) in [5.41, 5.74) is 1.79. The van der Waals surface area contributed by atoms with Gasteiger partial charge in [0.2, 0.25) is 0 Å². The Bertz CT molecular complexity index is 748. The fraction of sp³-hybridized carbons (Fsp3) is 0.423. The molecular formula is C26H33NOS. The monoisotopic (exact) mass is 407 g/mol. The molecule has 0 aromatic heterocycles. The lowest BCUT2D eigenvalue weighted by Gasteiger charge is -2.26. The van der Waals surface area contributed by atoms with E-state index in [1.54, 1.807) is 6.08 Å². The first-order chi connectivity index (χ1) is 14.3. The SMILES string of the molecule is O=C(/C=C/c1ccc(SCCCCCCN2CCCCC2)cc1)c1ccccc1. The van der Waals surface area contributed by atoms with Gasteiger partial charge in [0.25, 0.3) is 0 Å². The zero-order valence-corrected chi connectivity index (χ0v) is 18.2. The highest BCUT2D eigenvalue weighted by atomic mass is 32.2. The summed E-state index contributed by atoms with van der Waals surface area (Å²) in [5.74, 6) is 1.23. The number of unbranched alkanes of at least 4 members (excludes halogenated alkanes) is 3. The van der Waals surface area contributed by atoms with Crippen LogP contribution in [0.3, 0.4) is 0 Å². The van der Waals surface area contributed by atoms with Crippen molar-refractivity contribution in [1.82, 2.24) is 4.90 Å². The second kappa shape index (κ2) is 12.7. The van der Waals surface area contributed by atoms with Crippen LogP contribution < -0.4 is 0 Å². The molecule has 0 aliphatic carbocycles. The Hall–Kier alpha value is -1.84. The summed E-state index contributed by atoms with van der Waals surface area (Å²) in [7, 11) is 0. The van der Waals surface area contributed by atoms with E-state index in [0.717, 1.165) is 11.1 Å². The number of likely N-dealkylation sites (tertiary alicyclic amines) is 1. The Balaban J connectivity index is 1.29. The number of hydrogen-bond donors (Lipinski definition) is 0. The van der Waals surface area contributed by atoms with Crippen molar-refractivity contribution in [3.8, 4) is 0 Å². The fourth-order valence-electron chi connectivity index (χ4n) is 3.71. The number of rotatable bonds is 11. The van der Waals surface area contributed by atoms with Gasteiger partial charge >= 0.3 is 0 Å². The molecule has 2 nitrogen and oxygen atoms in total. The van der Waals surface area contributed by atoms with E-state index < -0.39 is 0 Å². The Kier molecular flexibility index (Phi) is 9.55. The molecule has 1 saturated heterocycles. The van der Waals surface area contributed by atoms with Gasteiger partial charge in [-0.15, -0.1) is 11.8 Å². The highest BCUT2D eigenvalue weighted by Crippen LogP contribution is 2.21. The first-order valence-corrected chi connectivity index (χ1v) is 12.0. The van der Waals surface area contributed by atoms with Crippen LogP contribution in [0.1, 0.15) is 60.9 Å². The average molecular weight is 408 g/mol. The molecule has 3 rings (SSSR count). The Labute approximate surface area is 180 Å². The van der Waals surface area contributed by atoms with E-state index in [-0.39, 0.29) is 5.78 Å². The van der Waals surface area contributed by atoms with Gasteiger partial charge in [-0.1, -0.05) is 67.8 Å². The normalized spacial score (nSPS) is 15.0. The summed E-state index contributed by atoms with van der Waals surface area (Å²) in [5, 5.41) is 0. The maximum atomic E-state index is 12.1. The van der Waals surface area contributed by atoms with Gasteiger partial charge in [0.15, 0.2) is 5.78 Å². The van der Waals surface area contributed by atoms with Crippen molar-refractivity contribution in [3.63, 3.8) is 0 Å².